The van der Waals surface area contributed by atoms with Crippen LogP contribution in [0.25, 0.3) is 22.3 Å². The molecule has 0 aliphatic carbocycles. The van der Waals surface area contributed by atoms with E-state index in [0.717, 1.165) is 22.4 Å². The van der Waals surface area contributed by atoms with Crippen molar-refractivity contribution >= 4 is 11.9 Å². The van der Waals surface area contributed by atoms with Crippen LogP contribution < -0.4 is 0 Å². The maximum atomic E-state index is 14.6. The van der Waals surface area contributed by atoms with Gasteiger partial charge >= 0.3 is 5.97 Å². The zero-order chi connectivity index (χ0) is 35.0. The third-order valence-electron chi connectivity index (χ3n) is 7.92. The normalized spacial score (nSPS) is 13.0. The van der Waals surface area contributed by atoms with E-state index in [2.05, 4.69) is 0 Å². The SMILES string of the molecule is CON(Cc1ccccc1)C(=O)c1c(-c2ccccc2)c(-c2ccc(F)cc2)c(CCC(O)CC(O)CC(=O)OC(C)(C)C)n1C(C)C. The second-order valence-corrected chi connectivity index (χ2v) is 13.3. The average molecular weight is 659 g/mol. The number of nitrogens with zero attached hydrogens (tertiary/aromatic N) is 2. The third kappa shape index (κ3) is 9.40. The van der Waals surface area contributed by atoms with Gasteiger partial charge in [0.25, 0.3) is 5.91 Å². The Kier molecular flexibility index (Phi) is 12.3. The number of carbonyl (C=O) groups is 2. The first-order valence-corrected chi connectivity index (χ1v) is 16.3. The molecule has 0 fully saturated rings. The fraction of sp³-hybridized carbons (Fsp3) is 0.385. The lowest BCUT2D eigenvalue weighted by Gasteiger charge is -2.24. The van der Waals surface area contributed by atoms with Crippen molar-refractivity contribution in [2.45, 2.75) is 90.7 Å². The van der Waals surface area contributed by atoms with Gasteiger partial charge in [0.15, 0.2) is 0 Å². The van der Waals surface area contributed by atoms with Crippen molar-refractivity contribution in [3.63, 3.8) is 0 Å². The van der Waals surface area contributed by atoms with Gasteiger partial charge in [0.1, 0.15) is 17.1 Å². The van der Waals surface area contributed by atoms with Crippen molar-refractivity contribution in [1.82, 2.24) is 9.63 Å². The van der Waals surface area contributed by atoms with E-state index < -0.39 is 23.8 Å². The van der Waals surface area contributed by atoms with E-state index >= 15 is 0 Å². The summed E-state index contributed by atoms with van der Waals surface area (Å²) in [5, 5.41) is 23.0. The predicted molar refractivity (Wildman–Crippen MR) is 184 cm³/mol. The Hall–Kier alpha value is -4.31. The second kappa shape index (κ2) is 16.2. The van der Waals surface area contributed by atoms with Crippen molar-refractivity contribution in [2.75, 3.05) is 7.11 Å². The molecule has 9 heteroatoms. The molecule has 4 rings (SSSR count). The molecule has 1 heterocycles. The molecule has 4 aromatic rings. The molecule has 0 radical (unpaired) electrons. The summed E-state index contributed by atoms with van der Waals surface area (Å²) in [4.78, 5) is 32.6. The first-order valence-electron chi connectivity index (χ1n) is 16.3. The first kappa shape index (κ1) is 36.5. The molecular weight excluding hydrogens is 611 g/mol. The van der Waals surface area contributed by atoms with Gasteiger partial charge in [0.2, 0.25) is 0 Å². The van der Waals surface area contributed by atoms with Crippen LogP contribution in [0.15, 0.2) is 84.9 Å². The predicted octanol–water partition coefficient (Wildman–Crippen LogP) is 7.52. The van der Waals surface area contributed by atoms with Crippen molar-refractivity contribution in [2.24, 2.45) is 0 Å². The highest BCUT2D eigenvalue weighted by Crippen LogP contribution is 2.43. The summed E-state index contributed by atoms with van der Waals surface area (Å²) in [6.45, 7) is 9.45. The minimum Gasteiger partial charge on any atom is -0.460 e. The van der Waals surface area contributed by atoms with Crippen LogP contribution in [0.4, 0.5) is 4.39 Å². The Morgan fingerprint density at radius 3 is 2.00 bits per heavy atom. The highest BCUT2D eigenvalue weighted by Gasteiger charge is 2.33. The number of carbonyl (C=O) groups excluding carboxylic acids is 2. The van der Waals surface area contributed by atoms with Crippen LogP contribution in [-0.2, 0) is 27.3 Å². The zero-order valence-corrected chi connectivity index (χ0v) is 28.7. The van der Waals surface area contributed by atoms with Crippen molar-refractivity contribution in [3.8, 4) is 22.3 Å². The van der Waals surface area contributed by atoms with Gasteiger partial charge in [-0.3, -0.25) is 14.4 Å². The van der Waals surface area contributed by atoms with Crippen LogP contribution in [-0.4, -0.2) is 56.6 Å². The summed E-state index contributed by atoms with van der Waals surface area (Å²) in [6.07, 6.45) is -1.75. The van der Waals surface area contributed by atoms with Gasteiger partial charge in [-0.2, -0.15) is 0 Å². The average Bonchev–Trinajstić information content (AvgIpc) is 3.38. The van der Waals surface area contributed by atoms with E-state index in [4.69, 9.17) is 9.57 Å². The van der Waals surface area contributed by atoms with E-state index in [0.29, 0.717) is 23.2 Å². The molecule has 8 nitrogen and oxygen atoms in total. The number of amides is 1. The minimum absolute atomic E-state index is 0.0284. The molecule has 48 heavy (non-hydrogen) atoms. The minimum atomic E-state index is -1.09. The third-order valence-corrected chi connectivity index (χ3v) is 7.92. The van der Waals surface area contributed by atoms with E-state index in [1.807, 2.05) is 79.1 Å². The lowest BCUT2D eigenvalue weighted by Crippen LogP contribution is -2.32. The molecule has 2 unspecified atom stereocenters. The molecule has 256 valence electrons. The number of esters is 1. The molecule has 2 atom stereocenters. The molecule has 0 bridgehead atoms. The highest BCUT2D eigenvalue weighted by molar-refractivity contribution is 6.05. The summed E-state index contributed by atoms with van der Waals surface area (Å²) in [7, 11) is 1.46. The van der Waals surface area contributed by atoms with Gasteiger partial charge in [-0.25, -0.2) is 9.45 Å². The van der Waals surface area contributed by atoms with Gasteiger partial charge in [-0.1, -0.05) is 72.8 Å². The Balaban J connectivity index is 1.81. The molecule has 1 aromatic heterocycles. The number of hydroxylamine groups is 2. The van der Waals surface area contributed by atoms with Gasteiger partial charge in [0, 0.05) is 22.9 Å². The summed E-state index contributed by atoms with van der Waals surface area (Å²) < 4.78 is 21.5. The maximum absolute atomic E-state index is 14.6. The van der Waals surface area contributed by atoms with Crippen molar-refractivity contribution in [3.05, 3.63) is 108 Å². The van der Waals surface area contributed by atoms with Crippen molar-refractivity contribution in [1.29, 1.82) is 0 Å². The summed E-state index contributed by atoms with van der Waals surface area (Å²) >= 11 is 0. The Labute approximate surface area is 282 Å². The number of hydrogen-bond acceptors (Lipinski definition) is 6. The van der Waals surface area contributed by atoms with Crippen LogP contribution in [0, 0.1) is 5.82 Å². The number of aliphatic hydroxyl groups is 2. The fourth-order valence-electron chi connectivity index (χ4n) is 5.96. The molecule has 0 saturated heterocycles. The molecule has 0 spiro atoms. The largest absolute Gasteiger partial charge is 0.460 e. The molecule has 0 saturated carbocycles. The number of aliphatic hydroxyl groups excluding tert-OH is 2. The molecule has 0 aliphatic heterocycles. The summed E-state index contributed by atoms with van der Waals surface area (Å²) in [6, 6.07) is 25.1. The Morgan fingerprint density at radius 2 is 1.44 bits per heavy atom. The monoisotopic (exact) mass is 658 g/mol. The maximum Gasteiger partial charge on any atom is 0.308 e. The Morgan fingerprint density at radius 1 is 0.854 bits per heavy atom. The standard InChI is InChI=1S/C39H47FN2O6/c1-26(2)42-33(22-21-31(43)23-32(44)24-34(45)48-39(3,4)5)35(29-17-19-30(40)20-18-29)36(28-15-11-8-12-16-28)37(42)38(46)41(47-6)25-27-13-9-7-10-14-27/h7-20,26,31-32,43-44H,21-25H2,1-6H3. The van der Waals surface area contributed by atoms with Gasteiger partial charge < -0.3 is 19.5 Å². The smallest absolute Gasteiger partial charge is 0.308 e. The van der Waals surface area contributed by atoms with Gasteiger partial charge in [-0.15, -0.1) is 0 Å². The Bertz CT molecular complexity index is 1650. The molecule has 3 aromatic carbocycles. The van der Waals surface area contributed by atoms with Crippen LogP contribution in [0.1, 0.15) is 81.7 Å². The number of benzene rings is 3. The summed E-state index contributed by atoms with van der Waals surface area (Å²) in [5.74, 6) is -1.27. The van der Waals surface area contributed by atoms with Crippen LogP contribution in [0.5, 0.6) is 0 Å². The first-order chi connectivity index (χ1) is 22.8. The topological polar surface area (TPSA) is 101 Å². The number of aromatic nitrogens is 1. The summed E-state index contributed by atoms with van der Waals surface area (Å²) in [5.41, 5.74) is 4.32. The number of hydrogen-bond donors (Lipinski definition) is 2. The molecule has 0 aliphatic rings. The van der Waals surface area contributed by atoms with E-state index in [1.165, 1.54) is 24.3 Å². The zero-order valence-electron chi connectivity index (χ0n) is 28.7. The molecular formula is C39H47FN2O6. The molecule has 2 N–H and O–H groups in total. The highest BCUT2D eigenvalue weighted by atomic mass is 19.1. The molecule has 1 amide bonds. The van der Waals surface area contributed by atoms with Crippen LogP contribution >= 0.6 is 0 Å². The van der Waals surface area contributed by atoms with Crippen LogP contribution in [0.2, 0.25) is 0 Å². The quantitative estimate of drug-likeness (QED) is 0.107. The number of rotatable bonds is 14. The van der Waals surface area contributed by atoms with Gasteiger partial charge in [0.05, 0.1) is 32.3 Å². The van der Waals surface area contributed by atoms with Gasteiger partial charge in [-0.05, 0) is 82.7 Å². The number of halogens is 1. The van der Waals surface area contributed by atoms with Crippen molar-refractivity contribution < 1.29 is 33.8 Å². The van der Waals surface area contributed by atoms with Crippen LogP contribution in [0.3, 0.4) is 0 Å². The number of ether oxygens (including phenoxy) is 1. The second-order valence-electron chi connectivity index (χ2n) is 13.3. The fourth-order valence-corrected chi connectivity index (χ4v) is 5.96. The van der Waals surface area contributed by atoms with E-state index in [9.17, 15) is 24.2 Å². The lowest BCUT2D eigenvalue weighted by atomic mass is 9.92. The van der Waals surface area contributed by atoms with E-state index in [-0.39, 0.29) is 43.6 Å². The van der Waals surface area contributed by atoms with E-state index in [1.54, 1.807) is 32.9 Å². The lowest BCUT2D eigenvalue weighted by molar-refractivity contribution is -0.157.